The van der Waals surface area contributed by atoms with Gasteiger partial charge in [-0.2, -0.15) is 5.10 Å². The van der Waals surface area contributed by atoms with Crippen LogP contribution in [0.15, 0.2) is 36.7 Å². The van der Waals surface area contributed by atoms with E-state index in [2.05, 4.69) is 15.7 Å². The summed E-state index contributed by atoms with van der Waals surface area (Å²) in [7, 11) is 1.64. The van der Waals surface area contributed by atoms with Crippen molar-refractivity contribution in [3.8, 4) is 0 Å². The molecule has 23 heavy (non-hydrogen) atoms. The standard InChI is InChI=1S/C16H21ClN4O2/c1-12(8-13-4-3-5-14(17)9-13)19-16(22)20-15-10-18-21(11-15)6-7-23-2/h3-5,9-12H,6-8H2,1-2H3,(H2,19,20,22)/t12-/m0/s1. The summed E-state index contributed by atoms with van der Waals surface area (Å²) in [6.45, 7) is 3.16. The Bertz CT molecular complexity index is 645. The molecule has 0 aliphatic rings. The number of rotatable bonds is 7. The van der Waals surface area contributed by atoms with Crippen LogP contribution in [0.25, 0.3) is 0 Å². The van der Waals surface area contributed by atoms with E-state index >= 15 is 0 Å². The molecule has 2 rings (SSSR count). The van der Waals surface area contributed by atoms with Gasteiger partial charge in [0.1, 0.15) is 0 Å². The van der Waals surface area contributed by atoms with Crippen LogP contribution >= 0.6 is 11.6 Å². The number of nitrogens with zero attached hydrogens (tertiary/aromatic N) is 2. The lowest BCUT2D eigenvalue weighted by molar-refractivity contribution is 0.183. The first kappa shape index (κ1) is 17.3. The maximum atomic E-state index is 12.0. The van der Waals surface area contributed by atoms with E-state index in [9.17, 15) is 4.79 Å². The van der Waals surface area contributed by atoms with Crippen molar-refractivity contribution in [2.24, 2.45) is 0 Å². The molecule has 2 amide bonds. The van der Waals surface area contributed by atoms with Gasteiger partial charge in [-0.05, 0) is 31.0 Å². The van der Waals surface area contributed by atoms with E-state index in [0.717, 1.165) is 5.56 Å². The Morgan fingerprint density at radius 2 is 2.30 bits per heavy atom. The van der Waals surface area contributed by atoms with Crippen molar-refractivity contribution in [1.82, 2.24) is 15.1 Å². The molecule has 0 bridgehead atoms. The zero-order valence-electron chi connectivity index (χ0n) is 13.3. The summed E-state index contributed by atoms with van der Waals surface area (Å²) in [5.74, 6) is 0. The van der Waals surface area contributed by atoms with E-state index in [4.69, 9.17) is 16.3 Å². The van der Waals surface area contributed by atoms with Crippen molar-refractivity contribution in [3.05, 3.63) is 47.2 Å². The second kappa shape index (κ2) is 8.55. The molecule has 1 atom stereocenters. The Morgan fingerprint density at radius 3 is 3.04 bits per heavy atom. The van der Waals surface area contributed by atoms with Crippen LogP contribution in [0.4, 0.5) is 10.5 Å². The number of benzene rings is 1. The molecule has 1 aromatic carbocycles. The Balaban J connectivity index is 1.80. The molecule has 124 valence electrons. The molecule has 0 aliphatic heterocycles. The van der Waals surface area contributed by atoms with E-state index in [-0.39, 0.29) is 12.1 Å². The van der Waals surface area contributed by atoms with Crippen LogP contribution in [0.5, 0.6) is 0 Å². The van der Waals surface area contributed by atoms with Crippen LogP contribution in [-0.2, 0) is 17.7 Å². The molecule has 0 fully saturated rings. The summed E-state index contributed by atoms with van der Waals surface area (Å²) in [6, 6.07) is 7.35. The number of nitrogens with one attached hydrogen (secondary N) is 2. The minimum Gasteiger partial charge on any atom is -0.383 e. The van der Waals surface area contributed by atoms with Gasteiger partial charge in [0.25, 0.3) is 0 Å². The average Bonchev–Trinajstić information content (AvgIpc) is 2.92. The van der Waals surface area contributed by atoms with E-state index in [0.29, 0.717) is 30.3 Å². The van der Waals surface area contributed by atoms with Crippen LogP contribution in [0.3, 0.4) is 0 Å². The van der Waals surface area contributed by atoms with Gasteiger partial charge in [-0.3, -0.25) is 4.68 Å². The molecular weight excluding hydrogens is 316 g/mol. The first-order valence-electron chi connectivity index (χ1n) is 7.40. The zero-order valence-corrected chi connectivity index (χ0v) is 14.0. The van der Waals surface area contributed by atoms with Crippen molar-refractivity contribution >= 4 is 23.3 Å². The number of urea groups is 1. The average molecular weight is 337 g/mol. The molecule has 0 unspecified atom stereocenters. The summed E-state index contributed by atoms with van der Waals surface area (Å²) in [4.78, 5) is 12.0. The molecule has 1 heterocycles. The third-order valence-electron chi connectivity index (χ3n) is 3.22. The zero-order chi connectivity index (χ0) is 16.7. The number of amides is 2. The molecule has 0 aliphatic carbocycles. The Hall–Kier alpha value is -2.05. The van der Waals surface area contributed by atoms with Crippen LogP contribution in [-0.4, -0.2) is 35.6 Å². The molecule has 0 saturated carbocycles. The van der Waals surface area contributed by atoms with E-state index < -0.39 is 0 Å². The van der Waals surface area contributed by atoms with Gasteiger partial charge in [0.2, 0.25) is 0 Å². The summed E-state index contributed by atoms with van der Waals surface area (Å²) in [5, 5.41) is 10.5. The molecule has 0 spiro atoms. The first-order chi connectivity index (χ1) is 11.1. The van der Waals surface area contributed by atoms with Crippen LogP contribution in [0.1, 0.15) is 12.5 Å². The smallest absolute Gasteiger partial charge is 0.319 e. The van der Waals surface area contributed by atoms with Crippen LogP contribution in [0, 0.1) is 0 Å². The fourth-order valence-electron chi connectivity index (χ4n) is 2.19. The van der Waals surface area contributed by atoms with E-state index in [1.807, 2.05) is 31.2 Å². The molecule has 0 saturated heterocycles. The molecule has 7 heteroatoms. The van der Waals surface area contributed by atoms with Crippen molar-refractivity contribution in [3.63, 3.8) is 0 Å². The maximum Gasteiger partial charge on any atom is 0.319 e. The Morgan fingerprint density at radius 1 is 1.48 bits per heavy atom. The van der Waals surface area contributed by atoms with E-state index in [1.54, 1.807) is 24.2 Å². The number of carbonyl (C=O) groups excluding carboxylic acids is 1. The fraction of sp³-hybridized carbons (Fsp3) is 0.375. The van der Waals surface area contributed by atoms with Gasteiger partial charge < -0.3 is 15.4 Å². The summed E-state index contributed by atoms with van der Waals surface area (Å²) >= 11 is 5.96. The largest absolute Gasteiger partial charge is 0.383 e. The van der Waals surface area contributed by atoms with Crippen molar-refractivity contribution < 1.29 is 9.53 Å². The monoisotopic (exact) mass is 336 g/mol. The summed E-state index contributed by atoms with van der Waals surface area (Å²) < 4.78 is 6.70. The Labute approximate surface area is 140 Å². The number of aromatic nitrogens is 2. The van der Waals surface area contributed by atoms with Gasteiger partial charge in [-0.1, -0.05) is 23.7 Å². The highest BCUT2D eigenvalue weighted by atomic mass is 35.5. The van der Waals surface area contributed by atoms with Crippen molar-refractivity contribution in [2.45, 2.75) is 25.9 Å². The number of hydrogen-bond donors (Lipinski definition) is 2. The molecule has 1 aromatic heterocycles. The number of hydrogen-bond acceptors (Lipinski definition) is 3. The lowest BCUT2D eigenvalue weighted by atomic mass is 10.1. The van der Waals surface area contributed by atoms with E-state index in [1.165, 1.54) is 0 Å². The molecule has 2 aromatic rings. The third kappa shape index (κ3) is 5.92. The molecule has 0 radical (unpaired) electrons. The van der Waals surface area contributed by atoms with Crippen molar-refractivity contribution in [2.75, 3.05) is 19.0 Å². The lowest BCUT2D eigenvalue weighted by Gasteiger charge is -2.14. The first-order valence-corrected chi connectivity index (χ1v) is 7.78. The van der Waals surface area contributed by atoms with Gasteiger partial charge in [0.15, 0.2) is 0 Å². The van der Waals surface area contributed by atoms with Crippen LogP contribution < -0.4 is 10.6 Å². The second-order valence-electron chi connectivity index (χ2n) is 5.32. The normalized spacial score (nSPS) is 12.0. The van der Waals surface area contributed by atoms with Gasteiger partial charge in [-0.15, -0.1) is 0 Å². The highest BCUT2D eigenvalue weighted by Crippen LogP contribution is 2.12. The lowest BCUT2D eigenvalue weighted by Crippen LogP contribution is -2.37. The fourth-order valence-corrected chi connectivity index (χ4v) is 2.41. The highest BCUT2D eigenvalue weighted by molar-refractivity contribution is 6.30. The second-order valence-corrected chi connectivity index (χ2v) is 5.75. The van der Waals surface area contributed by atoms with Gasteiger partial charge in [-0.25, -0.2) is 4.79 Å². The summed E-state index contributed by atoms with van der Waals surface area (Å²) in [6.07, 6.45) is 4.08. The SMILES string of the molecule is COCCn1cc(NC(=O)N[C@@H](C)Cc2cccc(Cl)c2)cn1. The summed E-state index contributed by atoms with van der Waals surface area (Å²) in [5.41, 5.74) is 1.73. The minimum atomic E-state index is -0.259. The maximum absolute atomic E-state index is 12.0. The molecule has 6 nitrogen and oxygen atoms in total. The topological polar surface area (TPSA) is 68.2 Å². The predicted octanol–water partition coefficient (Wildman–Crippen LogP) is 2.94. The van der Waals surface area contributed by atoms with Crippen LogP contribution in [0.2, 0.25) is 5.02 Å². The third-order valence-corrected chi connectivity index (χ3v) is 3.46. The number of anilines is 1. The predicted molar refractivity (Wildman–Crippen MR) is 90.9 cm³/mol. The quantitative estimate of drug-likeness (QED) is 0.816. The van der Waals surface area contributed by atoms with Crippen molar-refractivity contribution in [1.29, 1.82) is 0 Å². The number of ether oxygens (including phenoxy) is 1. The Kier molecular flexibility index (Phi) is 6.43. The van der Waals surface area contributed by atoms with Gasteiger partial charge in [0, 0.05) is 24.4 Å². The number of halogens is 1. The van der Waals surface area contributed by atoms with Gasteiger partial charge >= 0.3 is 6.03 Å². The molecular formula is C16H21ClN4O2. The minimum absolute atomic E-state index is 0.0167. The molecule has 2 N–H and O–H groups in total. The highest BCUT2D eigenvalue weighted by Gasteiger charge is 2.09. The number of methoxy groups -OCH3 is 1. The number of carbonyl (C=O) groups is 1. The van der Waals surface area contributed by atoms with Gasteiger partial charge in [0.05, 0.1) is 25.0 Å².